The molecule has 0 radical (unpaired) electrons. The lowest BCUT2D eigenvalue weighted by atomic mass is 9.33. The van der Waals surface area contributed by atoms with Crippen molar-refractivity contribution < 1.29 is 0 Å². The molecule has 7 aromatic rings. The lowest BCUT2D eigenvalue weighted by molar-refractivity contribution is -0.0521. The van der Waals surface area contributed by atoms with E-state index in [4.69, 9.17) is 0 Å². The molecular weight excluding hydrogens is 699 g/mol. The van der Waals surface area contributed by atoms with Crippen LogP contribution in [-0.4, -0.2) is 6.71 Å². The first-order valence-corrected chi connectivity index (χ1v) is 21.8. The zero-order chi connectivity index (χ0) is 38.2. The summed E-state index contributed by atoms with van der Waals surface area (Å²) in [7, 11) is 0. The number of benzene rings is 7. The first-order chi connectivity index (χ1) is 28.7. The Morgan fingerprint density at radius 1 is 0.448 bits per heavy atom. The van der Waals surface area contributed by atoms with Crippen molar-refractivity contribution >= 4 is 45.9 Å². The Morgan fingerprint density at radius 2 is 0.862 bits per heavy atom. The molecule has 13 rings (SSSR count). The van der Waals surface area contributed by atoms with Gasteiger partial charge in [-0.25, -0.2) is 0 Å². The Bertz CT molecular complexity index is 2470. The predicted octanol–water partition coefficient (Wildman–Crippen LogP) is 11.6. The number of para-hydroxylation sites is 2. The van der Waals surface area contributed by atoms with Gasteiger partial charge < -0.3 is 9.80 Å². The fourth-order valence-electron chi connectivity index (χ4n) is 13.0. The molecule has 4 fully saturated rings. The molecule has 0 aromatic heterocycles. The maximum atomic E-state index is 2.69. The van der Waals surface area contributed by atoms with Crippen LogP contribution in [0.25, 0.3) is 22.3 Å². The second-order valence-corrected chi connectivity index (χ2v) is 18.4. The highest BCUT2D eigenvalue weighted by Crippen LogP contribution is 2.61. The Hall–Kier alpha value is -5.80. The molecule has 6 aliphatic rings. The highest BCUT2D eigenvalue weighted by Gasteiger charge is 2.51. The van der Waals surface area contributed by atoms with Crippen molar-refractivity contribution in [3.63, 3.8) is 0 Å². The topological polar surface area (TPSA) is 6.48 Å². The molecule has 4 saturated carbocycles. The van der Waals surface area contributed by atoms with Gasteiger partial charge in [0.1, 0.15) is 0 Å². The largest absolute Gasteiger partial charge is 0.338 e. The summed E-state index contributed by atoms with van der Waals surface area (Å²) in [6.07, 6.45) is 9.88. The molecule has 0 amide bonds. The molecule has 58 heavy (non-hydrogen) atoms. The average molecular weight is 749 g/mol. The van der Waals surface area contributed by atoms with Gasteiger partial charge in [-0.2, -0.15) is 0 Å². The standard InChI is InChI=1S/C55H49BN2/c1-3-15-42(16-4-1)46-21-9-7-19-44(46)36-57-50-25-13-11-23-48(50)56-49-24-12-14-26-51(49)58(37-45-20-8-10-22-47(45)43-17-5-2-6-18-43)53-31-41(30-52(57)54(53)56)35-55-32-38-27-39(33-55)29-40(28-38)34-55/h1-26,30-31,38-40H,27-29,32-37H2. The SMILES string of the molecule is c1ccc(-c2ccccc2CN2c3ccccc3B3c4ccccc4N(Cc4ccccc4-c4ccccc4)c4cc(CC56CC7CC(CC(C7)C5)C6)cc2c43)cc1. The lowest BCUT2D eigenvalue weighted by Crippen LogP contribution is -2.62. The molecule has 0 N–H and O–H groups in total. The van der Waals surface area contributed by atoms with Gasteiger partial charge in [0, 0.05) is 35.8 Å². The molecule has 0 unspecified atom stereocenters. The van der Waals surface area contributed by atoms with Crippen molar-refractivity contribution in [3.8, 4) is 22.3 Å². The number of hydrogen-bond acceptors (Lipinski definition) is 2. The summed E-state index contributed by atoms with van der Waals surface area (Å²) in [6.45, 7) is 1.77. The van der Waals surface area contributed by atoms with Gasteiger partial charge in [-0.1, -0.05) is 146 Å². The third-order valence-corrected chi connectivity index (χ3v) is 14.7. The highest BCUT2D eigenvalue weighted by atomic mass is 15.2. The highest BCUT2D eigenvalue weighted by molar-refractivity contribution is 7.00. The van der Waals surface area contributed by atoms with Crippen LogP contribution in [0.1, 0.15) is 55.2 Å². The van der Waals surface area contributed by atoms with E-state index in [2.05, 4.69) is 180 Å². The van der Waals surface area contributed by atoms with Gasteiger partial charge in [0.2, 0.25) is 0 Å². The summed E-state index contributed by atoms with van der Waals surface area (Å²) >= 11 is 0. The van der Waals surface area contributed by atoms with Crippen molar-refractivity contribution in [2.75, 3.05) is 9.80 Å². The van der Waals surface area contributed by atoms with Crippen molar-refractivity contribution in [2.24, 2.45) is 23.2 Å². The van der Waals surface area contributed by atoms with E-state index < -0.39 is 0 Å². The van der Waals surface area contributed by atoms with Crippen LogP contribution < -0.4 is 26.2 Å². The zero-order valence-corrected chi connectivity index (χ0v) is 33.2. The van der Waals surface area contributed by atoms with Crippen molar-refractivity contribution in [1.82, 2.24) is 0 Å². The molecule has 3 heteroatoms. The van der Waals surface area contributed by atoms with Gasteiger partial charge in [-0.15, -0.1) is 0 Å². The number of fused-ring (bicyclic) bond motifs is 4. The normalized spacial score (nSPS) is 22.1. The summed E-state index contributed by atoms with van der Waals surface area (Å²) in [5.41, 5.74) is 19.5. The molecule has 4 aliphatic carbocycles. The van der Waals surface area contributed by atoms with Crippen LogP contribution in [0.3, 0.4) is 0 Å². The molecule has 4 bridgehead atoms. The molecule has 2 aliphatic heterocycles. The predicted molar refractivity (Wildman–Crippen MR) is 244 cm³/mol. The number of anilines is 4. The lowest BCUT2D eigenvalue weighted by Gasteiger charge is -2.57. The van der Waals surface area contributed by atoms with E-state index in [1.54, 1.807) is 0 Å². The average Bonchev–Trinajstić information content (AvgIpc) is 3.26. The zero-order valence-electron chi connectivity index (χ0n) is 33.2. The number of rotatable bonds is 8. The second-order valence-electron chi connectivity index (χ2n) is 18.4. The van der Waals surface area contributed by atoms with E-state index in [9.17, 15) is 0 Å². The number of nitrogens with zero attached hydrogens (tertiary/aromatic N) is 2. The first kappa shape index (κ1) is 34.3. The first-order valence-electron chi connectivity index (χ1n) is 21.8. The van der Waals surface area contributed by atoms with Crippen molar-refractivity contribution in [1.29, 1.82) is 0 Å². The van der Waals surface area contributed by atoms with Crippen LogP contribution in [0.4, 0.5) is 22.7 Å². The van der Waals surface area contributed by atoms with Gasteiger partial charge in [-0.05, 0) is 148 Å². The van der Waals surface area contributed by atoms with E-state index in [1.807, 2.05) is 0 Å². The maximum absolute atomic E-state index is 2.69. The van der Waals surface area contributed by atoms with Gasteiger partial charge in [0.15, 0.2) is 0 Å². The van der Waals surface area contributed by atoms with Crippen LogP contribution >= 0.6 is 0 Å². The van der Waals surface area contributed by atoms with E-state index in [0.29, 0.717) is 5.41 Å². The third-order valence-electron chi connectivity index (χ3n) is 14.7. The molecule has 282 valence electrons. The molecule has 7 aromatic carbocycles. The fraction of sp³-hybridized carbons (Fsp3) is 0.236. The Morgan fingerprint density at radius 3 is 1.34 bits per heavy atom. The Balaban J connectivity index is 1.07. The van der Waals surface area contributed by atoms with Crippen molar-refractivity contribution in [2.45, 2.75) is 58.0 Å². The minimum absolute atomic E-state index is 0.159. The molecule has 2 heterocycles. The Kier molecular flexibility index (Phi) is 8.07. The molecule has 0 spiro atoms. The number of hydrogen-bond donors (Lipinski definition) is 0. The molecular formula is C55H49BN2. The van der Waals surface area contributed by atoms with Gasteiger partial charge in [0.25, 0.3) is 6.71 Å². The minimum atomic E-state index is 0.159. The second kappa shape index (κ2) is 13.7. The monoisotopic (exact) mass is 748 g/mol. The quantitative estimate of drug-likeness (QED) is 0.143. The summed E-state index contributed by atoms with van der Waals surface area (Å²) in [4.78, 5) is 5.39. The minimum Gasteiger partial charge on any atom is -0.338 e. The summed E-state index contributed by atoms with van der Waals surface area (Å²) in [6, 6.07) is 64.0. The van der Waals surface area contributed by atoms with Crippen LogP contribution in [-0.2, 0) is 19.5 Å². The van der Waals surface area contributed by atoms with E-state index in [-0.39, 0.29) is 6.71 Å². The van der Waals surface area contributed by atoms with E-state index in [1.165, 1.54) is 123 Å². The van der Waals surface area contributed by atoms with Gasteiger partial charge in [-0.3, -0.25) is 0 Å². The third kappa shape index (κ3) is 5.69. The van der Waals surface area contributed by atoms with Crippen LogP contribution in [0, 0.1) is 23.2 Å². The van der Waals surface area contributed by atoms with Crippen LogP contribution in [0.5, 0.6) is 0 Å². The summed E-state index contributed by atoms with van der Waals surface area (Å²) in [5.74, 6) is 2.80. The molecule has 0 saturated heterocycles. The molecule has 0 atom stereocenters. The van der Waals surface area contributed by atoms with E-state index >= 15 is 0 Å². The maximum Gasteiger partial charge on any atom is 0.252 e. The Labute approximate surface area is 344 Å². The van der Waals surface area contributed by atoms with Gasteiger partial charge in [0.05, 0.1) is 0 Å². The fourth-order valence-corrected chi connectivity index (χ4v) is 13.0. The van der Waals surface area contributed by atoms with Gasteiger partial charge >= 0.3 is 0 Å². The van der Waals surface area contributed by atoms with Crippen molar-refractivity contribution in [3.05, 3.63) is 187 Å². The van der Waals surface area contributed by atoms with Crippen LogP contribution in [0.15, 0.2) is 170 Å². The smallest absolute Gasteiger partial charge is 0.252 e. The summed E-state index contributed by atoms with van der Waals surface area (Å²) < 4.78 is 0. The van der Waals surface area contributed by atoms with E-state index in [0.717, 1.165) is 30.8 Å². The van der Waals surface area contributed by atoms with Crippen LogP contribution in [0.2, 0.25) is 0 Å². The summed E-state index contributed by atoms with van der Waals surface area (Å²) in [5, 5.41) is 0. The molecule has 2 nitrogen and oxygen atoms in total.